The summed E-state index contributed by atoms with van der Waals surface area (Å²) in [5, 5.41) is 14.3. The number of nitrogens with zero attached hydrogens (tertiary/aromatic N) is 1. The van der Waals surface area contributed by atoms with E-state index in [1.807, 2.05) is 6.07 Å². The Labute approximate surface area is 109 Å². The topological polar surface area (TPSA) is 64.9 Å². The zero-order chi connectivity index (χ0) is 12.7. The molecule has 0 saturated heterocycles. The average Bonchev–Trinajstić information content (AvgIpc) is 2.29. The van der Waals surface area contributed by atoms with Gasteiger partial charge >= 0.3 is 6.03 Å². The van der Waals surface area contributed by atoms with Gasteiger partial charge in [-0.2, -0.15) is 5.26 Å². The van der Waals surface area contributed by atoms with Crippen LogP contribution in [0.4, 0.5) is 10.5 Å². The lowest BCUT2D eigenvalue weighted by Crippen LogP contribution is -2.29. The molecular weight excluding hydrogens is 282 g/mol. The van der Waals surface area contributed by atoms with Crippen molar-refractivity contribution in [3.63, 3.8) is 0 Å². The van der Waals surface area contributed by atoms with Crippen molar-refractivity contribution in [2.24, 2.45) is 0 Å². The number of unbranched alkanes of at least 4 members (excludes halogenated alkanes) is 1. The van der Waals surface area contributed by atoms with E-state index in [1.165, 1.54) is 0 Å². The third-order valence-corrected chi connectivity index (χ3v) is 2.66. The Morgan fingerprint density at radius 1 is 1.53 bits per heavy atom. The molecule has 0 radical (unpaired) electrons. The van der Waals surface area contributed by atoms with Gasteiger partial charge in [-0.05, 0) is 24.6 Å². The molecule has 0 aliphatic carbocycles. The number of hydrogen-bond acceptors (Lipinski definition) is 2. The van der Waals surface area contributed by atoms with E-state index in [1.54, 1.807) is 18.2 Å². The maximum atomic E-state index is 11.5. The molecule has 0 saturated carbocycles. The highest BCUT2D eigenvalue weighted by molar-refractivity contribution is 9.10. The van der Waals surface area contributed by atoms with E-state index < -0.39 is 0 Å². The molecule has 0 bridgehead atoms. The number of nitriles is 1. The smallest absolute Gasteiger partial charge is 0.319 e. The lowest BCUT2D eigenvalue weighted by molar-refractivity contribution is 0.252. The Balaban J connectivity index is 2.64. The normalized spacial score (nSPS) is 9.47. The van der Waals surface area contributed by atoms with Crippen LogP contribution in [-0.2, 0) is 0 Å². The van der Waals surface area contributed by atoms with Crippen LogP contribution < -0.4 is 10.6 Å². The number of halogens is 1. The summed E-state index contributed by atoms with van der Waals surface area (Å²) < 4.78 is 0.820. The van der Waals surface area contributed by atoms with Gasteiger partial charge < -0.3 is 10.6 Å². The van der Waals surface area contributed by atoms with Gasteiger partial charge in [0.15, 0.2) is 0 Å². The maximum absolute atomic E-state index is 11.5. The molecule has 0 aliphatic rings. The first-order chi connectivity index (χ1) is 8.17. The van der Waals surface area contributed by atoms with Crippen LogP contribution in [0.25, 0.3) is 0 Å². The van der Waals surface area contributed by atoms with E-state index >= 15 is 0 Å². The van der Waals surface area contributed by atoms with Gasteiger partial charge in [0.2, 0.25) is 0 Å². The van der Waals surface area contributed by atoms with Gasteiger partial charge in [0.25, 0.3) is 0 Å². The van der Waals surface area contributed by atoms with E-state index in [0.29, 0.717) is 17.8 Å². The quantitative estimate of drug-likeness (QED) is 0.838. The lowest BCUT2D eigenvalue weighted by atomic mass is 10.2. The molecule has 0 unspecified atom stereocenters. The number of rotatable bonds is 4. The summed E-state index contributed by atoms with van der Waals surface area (Å²) in [5.41, 5.74) is 0.953. The molecular formula is C12H14BrN3O. The molecule has 2 amide bonds. The van der Waals surface area contributed by atoms with E-state index in [0.717, 1.165) is 17.3 Å². The number of benzene rings is 1. The predicted octanol–water partition coefficient (Wildman–Crippen LogP) is 3.24. The number of anilines is 1. The number of nitrogens with one attached hydrogen (secondary N) is 2. The van der Waals surface area contributed by atoms with Crippen LogP contribution in [0, 0.1) is 11.3 Å². The summed E-state index contributed by atoms with van der Waals surface area (Å²) in [6.07, 6.45) is 1.97. The van der Waals surface area contributed by atoms with E-state index in [2.05, 4.69) is 33.5 Å². The van der Waals surface area contributed by atoms with Crippen molar-refractivity contribution in [1.29, 1.82) is 5.26 Å². The Hall–Kier alpha value is -1.54. The largest absolute Gasteiger partial charge is 0.338 e. The molecule has 0 spiro atoms. The van der Waals surface area contributed by atoms with E-state index in [4.69, 9.17) is 5.26 Å². The predicted molar refractivity (Wildman–Crippen MR) is 70.8 cm³/mol. The van der Waals surface area contributed by atoms with Crippen molar-refractivity contribution in [1.82, 2.24) is 5.32 Å². The number of urea groups is 1. The van der Waals surface area contributed by atoms with Gasteiger partial charge in [-0.25, -0.2) is 4.79 Å². The van der Waals surface area contributed by atoms with Gasteiger partial charge in [-0.15, -0.1) is 0 Å². The summed E-state index contributed by atoms with van der Waals surface area (Å²) in [5.74, 6) is 0. The minimum absolute atomic E-state index is 0.284. The lowest BCUT2D eigenvalue weighted by Gasteiger charge is -2.08. The van der Waals surface area contributed by atoms with Gasteiger partial charge in [-0.1, -0.05) is 29.3 Å². The molecule has 1 aromatic carbocycles. The fourth-order valence-corrected chi connectivity index (χ4v) is 1.62. The molecule has 0 aromatic heterocycles. The zero-order valence-corrected chi connectivity index (χ0v) is 11.2. The highest BCUT2D eigenvalue weighted by Crippen LogP contribution is 2.20. The highest BCUT2D eigenvalue weighted by atomic mass is 79.9. The number of amides is 2. The van der Waals surface area contributed by atoms with Crippen molar-refractivity contribution in [2.45, 2.75) is 19.8 Å². The molecule has 0 fully saturated rings. The Bertz CT molecular complexity index is 440. The first kappa shape index (κ1) is 13.5. The SMILES string of the molecule is CCCCNC(=O)Nc1cc(Br)ccc1C#N. The van der Waals surface area contributed by atoms with Crippen LogP contribution in [0.3, 0.4) is 0 Å². The van der Waals surface area contributed by atoms with Crippen LogP contribution in [0.1, 0.15) is 25.3 Å². The van der Waals surface area contributed by atoms with Crippen LogP contribution in [0.5, 0.6) is 0 Å². The molecule has 1 rings (SSSR count). The third kappa shape index (κ3) is 4.45. The van der Waals surface area contributed by atoms with Crippen molar-refractivity contribution >= 4 is 27.6 Å². The molecule has 90 valence electrons. The van der Waals surface area contributed by atoms with E-state index in [-0.39, 0.29) is 6.03 Å². The number of carbonyl (C=O) groups is 1. The average molecular weight is 296 g/mol. The van der Waals surface area contributed by atoms with Gasteiger partial charge in [0.1, 0.15) is 6.07 Å². The summed E-state index contributed by atoms with van der Waals surface area (Å²) in [6.45, 7) is 2.69. The second-order valence-electron chi connectivity index (χ2n) is 3.54. The Morgan fingerprint density at radius 2 is 2.29 bits per heavy atom. The van der Waals surface area contributed by atoms with Gasteiger partial charge in [-0.3, -0.25) is 0 Å². The first-order valence-electron chi connectivity index (χ1n) is 5.42. The van der Waals surface area contributed by atoms with Crippen LogP contribution in [0.15, 0.2) is 22.7 Å². The Morgan fingerprint density at radius 3 is 2.94 bits per heavy atom. The standard InChI is InChI=1S/C12H14BrN3O/c1-2-3-6-15-12(17)16-11-7-10(13)5-4-9(11)8-14/h4-5,7H,2-3,6H2,1H3,(H2,15,16,17). The van der Waals surface area contributed by atoms with Crippen LogP contribution >= 0.6 is 15.9 Å². The van der Waals surface area contributed by atoms with Crippen LogP contribution in [0.2, 0.25) is 0 Å². The molecule has 0 atom stereocenters. The molecule has 2 N–H and O–H groups in total. The van der Waals surface area contributed by atoms with Crippen molar-refractivity contribution in [3.05, 3.63) is 28.2 Å². The van der Waals surface area contributed by atoms with Crippen molar-refractivity contribution < 1.29 is 4.79 Å². The second-order valence-corrected chi connectivity index (χ2v) is 4.45. The van der Waals surface area contributed by atoms with Crippen LogP contribution in [-0.4, -0.2) is 12.6 Å². The van der Waals surface area contributed by atoms with E-state index in [9.17, 15) is 4.79 Å². The molecule has 1 aromatic rings. The highest BCUT2D eigenvalue weighted by Gasteiger charge is 2.06. The fraction of sp³-hybridized carbons (Fsp3) is 0.333. The molecule has 4 nitrogen and oxygen atoms in total. The number of carbonyl (C=O) groups excluding carboxylic acids is 1. The monoisotopic (exact) mass is 295 g/mol. The molecule has 0 aliphatic heterocycles. The summed E-state index contributed by atoms with van der Waals surface area (Å²) in [4.78, 5) is 11.5. The minimum Gasteiger partial charge on any atom is -0.338 e. The Kier molecular flexibility index (Phi) is 5.50. The molecule has 17 heavy (non-hydrogen) atoms. The minimum atomic E-state index is -0.284. The number of hydrogen-bond donors (Lipinski definition) is 2. The summed E-state index contributed by atoms with van der Waals surface area (Å²) >= 11 is 3.30. The van der Waals surface area contributed by atoms with Crippen molar-refractivity contribution in [3.8, 4) is 6.07 Å². The summed E-state index contributed by atoms with van der Waals surface area (Å²) in [7, 11) is 0. The fourth-order valence-electron chi connectivity index (χ4n) is 1.26. The van der Waals surface area contributed by atoms with Crippen molar-refractivity contribution in [2.75, 3.05) is 11.9 Å². The molecule has 0 heterocycles. The first-order valence-corrected chi connectivity index (χ1v) is 6.21. The zero-order valence-electron chi connectivity index (χ0n) is 9.59. The maximum Gasteiger partial charge on any atom is 0.319 e. The van der Waals surface area contributed by atoms with Gasteiger partial charge in [0.05, 0.1) is 11.3 Å². The van der Waals surface area contributed by atoms with Gasteiger partial charge in [0, 0.05) is 11.0 Å². The molecule has 5 heteroatoms. The second kappa shape index (κ2) is 6.92. The third-order valence-electron chi connectivity index (χ3n) is 2.17. The summed E-state index contributed by atoms with van der Waals surface area (Å²) in [6, 6.07) is 6.88.